The van der Waals surface area contributed by atoms with Crippen molar-refractivity contribution in [2.75, 3.05) is 18.4 Å². The molecule has 3 rings (SSSR count). The Balaban J connectivity index is 1.72. The summed E-state index contributed by atoms with van der Waals surface area (Å²) in [4.78, 5) is 28.4. The first-order chi connectivity index (χ1) is 13.0. The molecule has 1 aliphatic heterocycles. The molecule has 1 fully saturated rings. The van der Waals surface area contributed by atoms with Gasteiger partial charge in [0.25, 0.3) is 5.91 Å². The molecule has 2 aromatic rings. The maximum atomic E-state index is 12.7. The first kappa shape index (κ1) is 19.6. The predicted octanol–water partition coefficient (Wildman–Crippen LogP) is 3.57. The Morgan fingerprint density at radius 2 is 2.07 bits per heavy atom. The van der Waals surface area contributed by atoms with Gasteiger partial charge in [-0.3, -0.25) is 14.5 Å². The molecule has 144 valence electrons. The number of piperidine rings is 1. The van der Waals surface area contributed by atoms with Gasteiger partial charge in [-0.15, -0.1) is 11.3 Å². The van der Waals surface area contributed by atoms with E-state index in [0.29, 0.717) is 13.1 Å². The van der Waals surface area contributed by atoms with Crippen LogP contribution in [-0.2, 0) is 17.8 Å². The fraction of sp³-hybridized carbons (Fsp3) is 0.429. The smallest absolute Gasteiger partial charge is 0.265 e. The van der Waals surface area contributed by atoms with Crippen molar-refractivity contribution in [1.29, 1.82) is 0 Å². The Bertz CT molecular complexity index is 831. The molecule has 1 atom stereocenters. The molecule has 27 heavy (non-hydrogen) atoms. The van der Waals surface area contributed by atoms with E-state index in [2.05, 4.69) is 24.1 Å². The number of carbonyl (C=O) groups excluding carboxylic acids is 2. The molecule has 1 saturated heterocycles. The van der Waals surface area contributed by atoms with E-state index in [1.807, 2.05) is 30.3 Å². The summed E-state index contributed by atoms with van der Waals surface area (Å²) < 4.78 is 0. The van der Waals surface area contributed by atoms with Gasteiger partial charge in [0.2, 0.25) is 5.91 Å². The first-order valence-corrected chi connectivity index (χ1v) is 10.3. The molecule has 1 aromatic carbocycles. The summed E-state index contributed by atoms with van der Waals surface area (Å²) in [6.45, 7) is 6.48. The van der Waals surface area contributed by atoms with Crippen LogP contribution in [0.2, 0.25) is 0 Å². The minimum Gasteiger partial charge on any atom is -0.369 e. The third-order valence-corrected chi connectivity index (χ3v) is 6.28. The number of nitrogens with zero attached hydrogens (tertiary/aromatic N) is 1. The van der Waals surface area contributed by atoms with Crippen LogP contribution in [0.3, 0.4) is 0 Å². The third kappa shape index (κ3) is 4.76. The van der Waals surface area contributed by atoms with Gasteiger partial charge in [-0.1, -0.05) is 25.1 Å². The number of hydrogen-bond acceptors (Lipinski definition) is 4. The zero-order valence-electron chi connectivity index (χ0n) is 16.0. The van der Waals surface area contributed by atoms with Crippen LogP contribution in [0, 0.1) is 12.8 Å². The van der Waals surface area contributed by atoms with Gasteiger partial charge in [0, 0.05) is 23.7 Å². The Morgan fingerprint density at radius 3 is 2.78 bits per heavy atom. The average molecular weight is 386 g/mol. The van der Waals surface area contributed by atoms with E-state index >= 15 is 0 Å². The molecule has 1 aromatic heterocycles. The topological polar surface area (TPSA) is 75.4 Å². The van der Waals surface area contributed by atoms with Crippen LogP contribution in [0.1, 0.15) is 45.4 Å². The zero-order valence-corrected chi connectivity index (χ0v) is 16.8. The molecule has 3 N–H and O–H groups in total. The lowest BCUT2D eigenvalue weighted by molar-refractivity contribution is -0.123. The van der Waals surface area contributed by atoms with Crippen LogP contribution >= 0.6 is 11.3 Å². The quantitative estimate of drug-likeness (QED) is 0.798. The summed E-state index contributed by atoms with van der Waals surface area (Å²) in [7, 11) is 0. The van der Waals surface area contributed by atoms with Gasteiger partial charge in [-0.05, 0) is 56.0 Å². The summed E-state index contributed by atoms with van der Waals surface area (Å²) >= 11 is 1.54. The first-order valence-electron chi connectivity index (χ1n) is 9.48. The van der Waals surface area contributed by atoms with E-state index in [4.69, 9.17) is 5.73 Å². The van der Waals surface area contributed by atoms with E-state index in [-0.39, 0.29) is 17.7 Å². The van der Waals surface area contributed by atoms with Crippen LogP contribution in [0.15, 0.2) is 30.3 Å². The van der Waals surface area contributed by atoms with Crippen molar-refractivity contribution in [1.82, 2.24) is 4.90 Å². The molecule has 0 spiro atoms. The Kier molecular flexibility index (Phi) is 6.29. The summed E-state index contributed by atoms with van der Waals surface area (Å²) in [5.41, 5.74) is 8.60. The molecule has 0 saturated carbocycles. The van der Waals surface area contributed by atoms with Gasteiger partial charge >= 0.3 is 0 Å². The van der Waals surface area contributed by atoms with Crippen LogP contribution in [0.5, 0.6) is 0 Å². The number of anilines is 1. The number of carbonyl (C=O) groups is 2. The molecule has 1 unspecified atom stereocenters. The van der Waals surface area contributed by atoms with Crippen LogP contribution < -0.4 is 11.1 Å². The van der Waals surface area contributed by atoms with Crippen molar-refractivity contribution in [3.05, 3.63) is 51.2 Å². The number of aryl methyl sites for hydroxylation is 2. The SMILES string of the molecule is CCc1cc(C(=O)Nc2ccccc2CN2CCCC(C(N)=O)C2)sc1C. The van der Waals surface area contributed by atoms with Crippen molar-refractivity contribution in [2.45, 2.75) is 39.7 Å². The summed E-state index contributed by atoms with van der Waals surface area (Å²) in [5.74, 6) is -0.368. The summed E-state index contributed by atoms with van der Waals surface area (Å²) in [5, 5.41) is 3.07. The van der Waals surface area contributed by atoms with Gasteiger partial charge in [-0.2, -0.15) is 0 Å². The highest BCUT2D eigenvalue weighted by Crippen LogP contribution is 2.25. The molecule has 0 radical (unpaired) electrons. The summed E-state index contributed by atoms with van der Waals surface area (Å²) in [6.07, 6.45) is 2.76. The van der Waals surface area contributed by atoms with E-state index in [0.717, 1.165) is 41.9 Å². The number of benzene rings is 1. The van der Waals surface area contributed by atoms with Crippen LogP contribution in [-0.4, -0.2) is 29.8 Å². The van der Waals surface area contributed by atoms with E-state index in [1.54, 1.807) is 0 Å². The highest BCUT2D eigenvalue weighted by Gasteiger charge is 2.24. The molecule has 1 aliphatic rings. The van der Waals surface area contributed by atoms with E-state index in [1.165, 1.54) is 21.8 Å². The number of amides is 2. The third-order valence-electron chi connectivity index (χ3n) is 5.19. The van der Waals surface area contributed by atoms with Crippen molar-refractivity contribution in [3.8, 4) is 0 Å². The van der Waals surface area contributed by atoms with Crippen molar-refractivity contribution >= 4 is 28.8 Å². The molecule has 2 amide bonds. The van der Waals surface area contributed by atoms with Gasteiger partial charge in [0.1, 0.15) is 0 Å². The number of hydrogen-bond donors (Lipinski definition) is 2. The molecule has 2 heterocycles. The normalized spacial score (nSPS) is 17.6. The Labute approximate surface area is 164 Å². The standard InChI is InChI=1S/C21H27N3O2S/c1-3-15-11-19(27-14(15)2)21(26)23-18-9-5-4-7-16(18)12-24-10-6-8-17(13-24)20(22)25/h4-5,7,9,11,17H,3,6,8,10,12-13H2,1-2H3,(H2,22,25)(H,23,26). The number of primary amides is 1. The number of thiophene rings is 1. The minimum atomic E-state index is -0.221. The highest BCUT2D eigenvalue weighted by atomic mass is 32.1. The maximum absolute atomic E-state index is 12.7. The zero-order chi connectivity index (χ0) is 19.4. The largest absolute Gasteiger partial charge is 0.369 e. The highest BCUT2D eigenvalue weighted by molar-refractivity contribution is 7.14. The molecule has 6 heteroatoms. The number of nitrogens with two attached hydrogens (primary N) is 1. The Hall–Kier alpha value is -2.18. The molecular formula is C21H27N3O2S. The number of nitrogens with one attached hydrogen (secondary N) is 1. The molecule has 0 bridgehead atoms. The number of rotatable bonds is 6. The lowest BCUT2D eigenvalue weighted by atomic mass is 9.97. The van der Waals surface area contributed by atoms with Gasteiger partial charge in [0.05, 0.1) is 10.8 Å². The fourth-order valence-electron chi connectivity index (χ4n) is 3.62. The van der Waals surface area contributed by atoms with Crippen LogP contribution in [0.25, 0.3) is 0 Å². The van der Waals surface area contributed by atoms with Crippen molar-refractivity contribution in [2.24, 2.45) is 11.7 Å². The Morgan fingerprint density at radius 1 is 1.30 bits per heavy atom. The summed E-state index contributed by atoms with van der Waals surface area (Å²) in [6, 6.07) is 9.86. The van der Waals surface area contributed by atoms with E-state index in [9.17, 15) is 9.59 Å². The molecule has 0 aliphatic carbocycles. The maximum Gasteiger partial charge on any atom is 0.265 e. The molecular weight excluding hydrogens is 358 g/mol. The predicted molar refractivity (Wildman–Crippen MR) is 110 cm³/mol. The number of para-hydroxylation sites is 1. The second-order valence-electron chi connectivity index (χ2n) is 7.13. The minimum absolute atomic E-state index is 0.0658. The second kappa shape index (κ2) is 8.67. The van der Waals surface area contributed by atoms with Gasteiger partial charge in [0.15, 0.2) is 0 Å². The second-order valence-corrected chi connectivity index (χ2v) is 8.39. The van der Waals surface area contributed by atoms with Crippen LogP contribution in [0.4, 0.5) is 5.69 Å². The van der Waals surface area contributed by atoms with E-state index < -0.39 is 0 Å². The monoisotopic (exact) mass is 385 g/mol. The van der Waals surface area contributed by atoms with Gasteiger partial charge < -0.3 is 11.1 Å². The molecule has 5 nitrogen and oxygen atoms in total. The number of likely N-dealkylation sites (tertiary alicyclic amines) is 1. The lowest BCUT2D eigenvalue weighted by Gasteiger charge is -2.31. The average Bonchev–Trinajstić information content (AvgIpc) is 3.04. The van der Waals surface area contributed by atoms with Crippen molar-refractivity contribution in [3.63, 3.8) is 0 Å². The van der Waals surface area contributed by atoms with Crippen molar-refractivity contribution < 1.29 is 9.59 Å². The van der Waals surface area contributed by atoms with Gasteiger partial charge in [-0.25, -0.2) is 0 Å². The lowest BCUT2D eigenvalue weighted by Crippen LogP contribution is -2.40. The fourth-order valence-corrected chi connectivity index (χ4v) is 4.63.